The smallest absolute Gasteiger partial charge is 0.0235 e. The zero-order chi connectivity index (χ0) is 15.0. The van der Waals surface area contributed by atoms with Gasteiger partial charge in [0.25, 0.3) is 0 Å². The second kappa shape index (κ2) is 9.75. The van der Waals surface area contributed by atoms with Crippen molar-refractivity contribution in [1.29, 1.82) is 0 Å². The molecule has 20 heavy (non-hydrogen) atoms. The molecule has 1 aliphatic rings. The topological polar surface area (TPSA) is 18.5 Å². The van der Waals surface area contributed by atoms with E-state index in [-0.39, 0.29) is 0 Å². The molecule has 0 radical (unpaired) electrons. The van der Waals surface area contributed by atoms with Gasteiger partial charge in [0.1, 0.15) is 0 Å². The normalized spacial score (nSPS) is 24.8. The summed E-state index contributed by atoms with van der Waals surface area (Å²) < 4.78 is 0. The Labute approximate surface area is 127 Å². The molecule has 1 aliphatic heterocycles. The van der Waals surface area contributed by atoms with Crippen LogP contribution in [0.3, 0.4) is 0 Å². The van der Waals surface area contributed by atoms with Gasteiger partial charge in [0.2, 0.25) is 0 Å². The highest BCUT2D eigenvalue weighted by Crippen LogP contribution is 2.22. The zero-order valence-electron chi connectivity index (χ0n) is 14.5. The third kappa shape index (κ3) is 6.11. The Morgan fingerprint density at radius 3 is 2.55 bits per heavy atom. The van der Waals surface area contributed by atoms with E-state index in [0.29, 0.717) is 6.04 Å². The van der Waals surface area contributed by atoms with Crippen LogP contribution in [0.1, 0.15) is 52.4 Å². The van der Waals surface area contributed by atoms with Crippen LogP contribution in [0, 0.1) is 5.92 Å². The summed E-state index contributed by atoms with van der Waals surface area (Å²) in [6, 6.07) is 1.39. The molecule has 0 amide bonds. The van der Waals surface area contributed by atoms with E-state index in [1.165, 1.54) is 58.2 Å². The molecule has 3 atom stereocenters. The highest BCUT2D eigenvalue weighted by Gasteiger charge is 2.25. The fraction of sp³-hybridized carbons (Fsp3) is 1.00. The molecule has 3 heteroatoms. The average Bonchev–Trinajstić information content (AvgIpc) is 2.45. The minimum atomic E-state index is 0.677. The van der Waals surface area contributed by atoms with Crippen LogP contribution in [-0.2, 0) is 0 Å². The van der Waals surface area contributed by atoms with Crippen molar-refractivity contribution in [2.24, 2.45) is 5.92 Å². The Kier molecular flexibility index (Phi) is 8.74. The Bertz CT molecular complexity index is 244. The Morgan fingerprint density at radius 1 is 1.20 bits per heavy atom. The second-order valence-corrected chi connectivity index (χ2v) is 6.77. The molecular weight excluding hydrogens is 246 g/mol. The average molecular weight is 284 g/mol. The molecule has 120 valence electrons. The van der Waals surface area contributed by atoms with Gasteiger partial charge in [0, 0.05) is 31.7 Å². The predicted octanol–water partition coefficient (Wildman–Crippen LogP) is 2.82. The van der Waals surface area contributed by atoms with Gasteiger partial charge in [-0.2, -0.15) is 0 Å². The van der Waals surface area contributed by atoms with Crippen LogP contribution in [0.2, 0.25) is 0 Å². The van der Waals surface area contributed by atoms with E-state index in [1.807, 2.05) is 0 Å². The van der Waals surface area contributed by atoms with Crippen molar-refractivity contribution < 1.29 is 0 Å². The van der Waals surface area contributed by atoms with Crippen molar-refractivity contribution in [2.75, 3.05) is 40.8 Å². The lowest BCUT2D eigenvalue weighted by atomic mass is 9.89. The number of nitrogens with one attached hydrogen (secondary N) is 1. The van der Waals surface area contributed by atoms with E-state index in [4.69, 9.17) is 0 Å². The molecule has 0 bridgehead atoms. The first-order chi connectivity index (χ1) is 9.60. The van der Waals surface area contributed by atoms with Crippen molar-refractivity contribution in [3.05, 3.63) is 0 Å². The molecule has 0 aromatic carbocycles. The summed E-state index contributed by atoms with van der Waals surface area (Å²) in [5, 5.41) is 3.58. The molecule has 1 fully saturated rings. The van der Waals surface area contributed by atoms with Crippen LogP contribution in [-0.4, -0.2) is 62.7 Å². The molecule has 0 aromatic rings. The zero-order valence-corrected chi connectivity index (χ0v) is 14.5. The minimum absolute atomic E-state index is 0.677. The first-order valence-electron chi connectivity index (χ1n) is 8.66. The van der Waals surface area contributed by atoms with Gasteiger partial charge in [-0.3, -0.25) is 0 Å². The number of piperazine rings is 1. The lowest BCUT2D eigenvalue weighted by Gasteiger charge is -2.39. The summed E-state index contributed by atoms with van der Waals surface area (Å²) in [6.45, 7) is 8.30. The van der Waals surface area contributed by atoms with Gasteiger partial charge >= 0.3 is 0 Å². The molecule has 0 aliphatic carbocycles. The maximum absolute atomic E-state index is 3.58. The number of rotatable bonds is 9. The van der Waals surface area contributed by atoms with Crippen molar-refractivity contribution >= 4 is 0 Å². The van der Waals surface area contributed by atoms with Crippen LogP contribution >= 0.6 is 0 Å². The van der Waals surface area contributed by atoms with Crippen molar-refractivity contribution in [3.8, 4) is 0 Å². The molecular formula is C17H37N3. The fourth-order valence-electron chi connectivity index (χ4n) is 3.40. The molecule has 1 N–H and O–H groups in total. The van der Waals surface area contributed by atoms with E-state index in [2.05, 4.69) is 50.1 Å². The van der Waals surface area contributed by atoms with Gasteiger partial charge in [-0.15, -0.1) is 0 Å². The van der Waals surface area contributed by atoms with Crippen LogP contribution in [0.4, 0.5) is 0 Å². The van der Waals surface area contributed by atoms with Gasteiger partial charge in [-0.05, 0) is 39.9 Å². The third-order valence-electron chi connectivity index (χ3n) is 5.11. The van der Waals surface area contributed by atoms with Crippen LogP contribution in [0.5, 0.6) is 0 Å². The molecule has 1 heterocycles. The molecule has 0 aromatic heterocycles. The third-order valence-corrected chi connectivity index (χ3v) is 5.11. The first-order valence-corrected chi connectivity index (χ1v) is 8.66. The lowest BCUT2D eigenvalue weighted by molar-refractivity contribution is 0.0987. The summed E-state index contributed by atoms with van der Waals surface area (Å²) >= 11 is 0. The monoisotopic (exact) mass is 283 g/mol. The minimum Gasteiger partial charge on any atom is -0.317 e. The highest BCUT2D eigenvalue weighted by atomic mass is 15.3. The highest BCUT2D eigenvalue weighted by molar-refractivity contribution is 4.83. The van der Waals surface area contributed by atoms with E-state index in [9.17, 15) is 0 Å². The van der Waals surface area contributed by atoms with Gasteiger partial charge in [-0.25, -0.2) is 0 Å². The molecule has 1 rings (SSSR count). The summed E-state index contributed by atoms with van der Waals surface area (Å²) in [4.78, 5) is 5.03. The number of likely N-dealkylation sites (N-methyl/N-ethyl adjacent to an activating group) is 2. The number of nitrogens with zero attached hydrogens (tertiary/aromatic N) is 2. The summed E-state index contributed by atoms with van der Waals surface area (Å²) in [5.74, 6) is 0.902. The van der Waals surface area contributed by atoms with Crippen LogP contribution in [0.25, 0.3) is 0 Å². The van der Waals surface area contributed by atoms with Gasteiger partial charge in [-0.1, -0.05) is 39.5 Å². The first kappa shape index (κ1) is 17.9. The standard InChI is InChI=1S/C17H37N3/c1-6-8-9-15(7-2)12-16(18-3)13-17-14-19(4)10-11-20(17)5/h15-18H,6-14H2,1-5H3. The Balaban J connectivity index is 2.44. The van der Waals surface area contributed by atoms with Gasteiger partial charge in [0.15, 0.2) is 0 Å². The lowest BCUT2D eigenvalue weighted by Crippen LogP contribution is -2.52. The summed E-state index contributed by atoms with van der Waals surface area (Å²) in [6.07, 6.45) is 8.10. The second-order valence-electron chi connectivity index (χ2n) is 6.77. The molecule has 1 saturated heterocycles. The summed E-state index contributed by atoms with van der Waals surface area (Å²) in [7, 11) is 6.69. The fourth-order valence-corrected chi connectivity index (χ4v) is 3.40. The van der Waals surface area contributed by atoms with Crippen molar-refractivity contribution in [2.45, 2.75) is 64.5 Å². The molecule has 3 unspecified atom stereocenters. The maximum Gasteiger partial charge on any atom is 0.0235 e. The Hall–Kier alpha value is -0.120. The van der Waals surface area contributed by atoms with Crippen LogP contribution < -0.4 is 5.32 Å². The molecule has 0 saturated carbocycles. The van der Waals surface area contributed by atoms with Gasteiger partial charge < -0.3 is 15.1 Å². The quantitative estimate of drug-likeness (QED) is 0.702. The molecule has 3 nitrogen and oxygen atoms in total. The predicted molar refractivity (Wildman–Crippen MR) is 89.3 cm³/mol. The number of hydrogen-bond donors (Lipinski definition) is 1. The number of unbranched alkanes of at least 4 members (excludes halogenated alkanes) is 1. The number of hydrogen-bond acceptors (Lipinski definition) is 3. The Morgan fingerprint density at radius 2 is 1.95 bits per heavy atom. The van der Waals surface area contributed by atoms with E-state index < -0.39 is 0 Å². The van der Waals surface area contributed by atoms with Crippen molar-refractivity contribution in [3.63, 3.8) is 0 Å². The SMILES string of the molecule is CCCCC(CC)CC(CC1CN(C)CCN1C)NC. The van der Waals surface area contributed by atoms with Crippen molar-refractivity contribution in [1.82, 2.24) is 15.1 Å². The maximum atomic E-state index is 3.58. The van der Waals surface area contributed by atoms with Crippen LogP contribution in [0.15, 0.2) is 0 Å². The molecule has 0 spiro atoms. The van der Waals surface area contributed by atoms with Gasteiger partial charge in [0.05, 0.1) is 0 Å². The van der Waals surface area contributed by atoms with E-state index >= 15 is 0 Å². The van der Waals surface area contributed by atoms with E-state index in [0.717, 1.165) is 12.0 Å². The van der Waals surface area contributed by atoms with E-state index in [1.54, 1.807) is 0 Å². The summed E-state index contributed by atoms with van der Waals surface area (Å²) in [5.41, 5.74) is 0. The largest absolute Gasteiger partial charge is 0.317 e.